The minimum Gasteiger partial charge on any atom is -0.480 e. The Bertz CT molecular complexity index is 1050. The first-order chi connectivity index (χ1) is 23.2. The maximum Gasteiger partial charge on any atom is 0.320 e. The largest absolute Gasteiger partial charge is 0.480 e. The van der Waals surface area contributed by atoms with Gasteiger partial charge in [0.25, 0.3) is 0 Å². The summed E-state index contributed by atoms with van der Waals surface area (Å²) in [6.07, 6.45) is 17.5. The first-order valence-electron chi connectivity index (χ1n) is 18.2. The summed E-state index contributed by atoms with van der Waals surface area (Å²) in [6, 6.07) is 4.57. The maximum atomic E-state index is 12.4. The quantitative estimate of drug-likeness (QED) is 0.104. The van der Waals surface area contributed by atoms with E-state index in [4.69, 9.17) is 0 Å². The van der Waals surface area contributed by atoms with Crippen molar-refractivity contribution in [2.75, 3.05) is 45.8 Å². The molecular weight excluding hydrogens is 772 g/mol. The molecule has 2 rings (SSSR count). The van der Waals surface area contributed by atoms with Crippen molar-refractivity contribution < 1.29 is 74.4 Å². The van der Waals surface area contributed by atoms with Crippen molar-refractivity contribution in [2.45, 2.75) is 129 Å². The Morgan fingerprint density at radius 1 is 0.714 bits per heavy atom. The predicted molar refractivity (Wildman–Crippen MR) is 186 cm³/mol. The summed E-state index contributed by atoms with van der Waals surface area (Å²) < 4.78 is 0. The minimum atomic E-state index is -0.998. The summed E-state index contributed by atoms with van der Waals surface area (Å²) >= 11 is 0. The van der Waals surface area contributed by atoms with Crippen molar-refractivity contribution in [3.8, 4) is 0 Å². The zero-order valence-corrected chi connectivity index (χ0v) is 31.9. The van der Waals surface area contributed by atoms with Gasteiger partial charge in [-0.05, 0) is 31.4 Å². The van der Waals surface area contributed by atoms with Crippen LogP contribution in [0.15, 0.2) is 18.2 Å². The molecule has 1 aromatic heterocycles. The molecule has 1 aromatic rings. The van der Waals surface area contributed by atoms with Gasteiger partial charge in [0.1, 0.15) is 6.04 Å². The number of aromatic nitrogens is 1. The average molecular weight is 833 g/mol. The fraction of sp³-hybridized carbons (Fsp3) is 0.750. The second-order valence-electron chi connectivity index (χ2n) is 13.2. The van der Waals surface area contributed by atoms with Crippen LogP contribution in [0.25, 0.3) is 0 Å². The second-order valence-corrected chi connectivity index (χ2v) is 13.2. The number of nitrogens with one attached hydrogen (secondary N) is 1. The number of nitrogens with zero attached hydrogens (tertiary/aromatic N) is 4. The number of carbonyl (C=O) groups is 4. The van der Waals surface area contributed by atoms with E-state index in [1.165, 1.54) is 64.2 Å². The van der Waals surface area contributed by atoms with E-state index in [1.807, 2.05) is 6.07 Å². The van der Waals surface area contributed by atoms with Crippen LogP contribution in [0.3, 0.4) is 0 Å². The molecule has 2 heterocycles. The average Bonchev–Trinajstić information content (AvgIpc) is 3.02. The van der Waals surface area contributed by atoms with E-state index in [0.29, 0.717) is 50.3 Å². The maximum absolute atomic E-state index is 12.4. The van der Waals surface area contributed by atoms with Gasteiger partial charge >= 0.3 is 17.9 Å². The van der Waals surface area contributed by atoms with E-state index in [-0.39, 0.29) is 85.1 Å². The third-order valence-corrected chi connectivity index (χ3v) is 8.97. The number of pyridine rings is 1. The zero-order valence-electron chi connectivity index (χ0n) is 29.6. The number of amides is 1. The molecule has 1 aliphatic rings. The SMILES string of the molecule is CCCCCCCCCCCCCCCC(=O)NCCCC(C(=O)O)N1CCN(CC(=O)O)Cc2cccc(n2)CN(CC(=O)O)CC1.[Gd]. The number of carbonyl (C=O) groups excluding carboxylic acids is 1. The van der Waals surface area contributed by atoms with Crippen LogP contribution in [0.2, 0.25) is 0 Å². The van der Waals surface area contributed by atoms with Crippen molar-refractivity contribution >= 4 is 23.8 Å². The second kappa shape index (κ2) is 27.9. The van der Waals surface area contributed by atoms with E-state index < -0.39 is 23.9 Å². The topological polar surface area (TPSA) is 164 Å². The molecule has 1 aliphatic heterocycles. The molecule has 49 heavy (non-hydrogen) atoms. The zero-order chi connectivity index (χ0) is 35.0. The van der Waals surface area contributed by atoms with Crippen molar-refractivity contribution in [3.63, 3.8) is 0 Å². The Morgan fingerprint density at radius 3 is 1.63 bits per heavy atom. The van der Waals surface area contributed by atoms with E-state index in [0.717, 1.165) is 19.3 Å². The van der Waals surface area contributed by atoms with E-state index in [1.54, 1.807) is 26.8 Å². The van der Waals surface area contributed by atoms with Crippen LogP contribution in [0.1, 0.15) is 121 Å². The Labute approximate surface area is 325 Å². The summed E-state index contributed by atoms with van der Waals surface area (Å²) in [7, 11) is 0. The van der Waals surface area contributed by atoms with E-state index in [2.05, 4.69) is 17.2 Å². The van der Waals surface area contributed by atoms with Gasteiger partial charge in [0.15, 0.2) is 0 Å². The Morgan fingerprint density at radius 2 is 1.18 bits per heavy atom. The van der Waals surface area contributed by atoms with Gasteiger partial charge in [-0.1, -0.05) is 90.0 Å². The fourth-order valence-corrected chi connectivity index (χ4v) is 6.31. The first kappa shape index (κ1) is 45.3. The van der Waals surface area contributed by atoms with Crippen molar-refractivity contribution in [1.29, 1.82) is 0 Å². The number of unbranched alkanes of at least 4 members (excludes halogenated alkanes) is 12. The number of rotatable bonds is 24. The van der Waals surface area contributed by atoms with Gasteiger partial charge in [0.05, 0.1) is 24.5 Å². The van der Waals surface area contributed by atoms with Crippen molar-refractivity contribution in [2.24, 2.45) is 0 Å². The number of hydrogen-bond acceptors (Lipinski definition) is 8. The Kier molecular flexibility index (Phi) is 25.8. The molecule has 0 aliphatic carbocycles. The third-order valence-electron chi connectivity index (χ3n) is 8.97. The standard InChI is InChI=1S/C36H61N5O7.Gd/c1-2-3-4-5-6-7-8-9-10-11-12-13-14-20-33(42)37-21-16-19-32(36(47)48)41-24-22-39(28-34(43)44)26-30-17-15-18-31(38-30)27-40(23-25-41)29-35(45)46;/h15,17-18,32H,2-14,16,19-29H2,1H3,(H,37,42)(H,43,44)(H,45,46)(H,47,48);. The molecule has 1 unspecified atom stereocenters. The molecule has 0 spiro atoms. The van der Waals surface area contributed by atoms with Crippen LogP contribution >= 0.6 is 0 Å². The summed E-state index contributed by atoms with van der Waals surface area (Å²) in [5, 5.41) is 32.1. The summed E-state index contributed by atoms with van der Waals surface area (Å²) in [5.41, 5.74) is 1.33. The van der Waals surface area contributed by atoms with Gasteiger partial charge in [0, 0.05) is 92.2 Å². The van der Waals surface area contributed by atoms with Crippen LogP contribution in [0.5, 0.6) is 0 Å². The van der Waals surface area contributed by atoms with Gasteiger partial charge in [-0.3, -0.25) is 38.9 Å². The smallest absolute Gasteiger partial charge is 0.320 e. The van der Waals surface area contributed by atoms with Gasteiger partial charge < -0.3 is 20.6 Å². The van der Waals surface area contributed by atoms with Crippen LogP contribution in [-0.2, 0) is 32.3 Å². The molecule has 12 nitrogen and oxygen atoms in total. The van der Waals surface area contributed by atoms with Crippen LogP contribution < -0.4 is 5.32 Å². The molecule has 1 atom stereocenters. The van der Waals surface area contributed by atoms with Crippen LogP contribution in [-0.4, -0.2) is 111 Å². The van der Waals surface area contributed by atoms with Gasteiger partial charge in [-0.25, -0.2) is 0 Å². The molecule has 1 amide bonds. The number of aliphatic carboxylic acids is 3. The molecule has 2 bridgehead atoms. The molecule has 0 aromatic carbocycles. The first-order valence-corrected chi connectivity index (χ1v) is 18.2. The van der Waals surface area contributed by atoms with Crippen LogP contribution in [0, 0.1) is 39.9 Å². The monoisotopic (exact) mass is 833 g/mol. The summed E-state index contributed by atoms with van der Waals surface area (Å²) in [4.78, 5) is 57.9. The Hall–Kier alpha value is -1.77. The number of fused-ring (bicyclic) bond motifs is 2. The molecule has 0 saturated heterocycles. The van der Waals surface area contributed by atoms with Crippen molar-refractivity contribution in [3.05, 3.63) is 29.6 Å². The number of carboxylic acids is 3. The fourth-order valence-electron chi connectivity index (χ4n) is 6.31. The van der Waals surface area contributed by atoms with Gasteiger partial charge in [0.2, 0.25) is 5.91 Å². The van der Waals surface area contributed by atoms with Gasteiger partial charge in [-0.15, -0.1) is 0 Å². The number of carboxylic acid groups (broad SMARTS) is 3. The Balaban J connectivity index is 0.0000120. The summed E-state index contributed by atoms with van der Waals surface area (Å²) in [5.74, 6) is -2.98. The molecule has 0 saturated carbocycles. The molecular formula is C36H61GdN5O7. The molecule has 13 heteroatoms. The third kappa shape index (κ3) is 21.9. The molecule has 280 valence electrons. The van der Waals surface area contributed by atoms with E-state index >= 15 is 0 Å². The molecule has 0 fully saturated rings. The normalized spacial score (nSPS) is 15.4. The number of hydrogen-bond donors (Lipinski definition) is 4. The summed E-state index contributed by atoms with van der Waals surface area (Å²) in [6.45, 7) is 3.93. The molecule has 4 N–H and O–H groups in total. The molecule has 0 radical (unpaired) electrons. The van der Waals surface area contributed by atoms with Crippen molar-refractivity contribution in [1.82, 2.24) is 25.0 Å². The predicted octanol–water partition coefficient (Wildman–Crippen LogP) is 5.00. The van der Waals surface area contributed by atoms with Crippen LogP contribution in [0.4, 0.5) is 0 Å². The minimum absolute atomic E-state index is 0. The van der Waals surface area contributed by atoms with E-state index in [9.17, 15) is 34.5 Å². The van der Waals surface area contributed by atoms with Gasteiger partial charge in [-0.2, -0.15) is 0 Å².